The lowest BCUT2D eigenvalue weighted by Gasteiger charge is -2.32. The maximum atomic E-state index is 12.8. The van der Waals surface area contributed by atoms with Crippen LogP contribution >= 0.6 is 11.8 Å². The molecule has 1 amide bonds. The summed E-state index contributed by atoms with van der Waals surface area (Å²) in [6, 6.07) is 1.52. The van der Waals surface area contributed by atoms with Crippen molar-refractivity contribution in [3.8, 4) is 0 Å². The molecular weight excluding hydrogens is 316 g/mol. The minimum atomic E-state index is -0.399. The van der Waals surface area contributed by atoms with Crippen LogP contribution < -0.4 is 0 Å². The van der Waals surface area contributed by atoms with Crippen molar-refractivity contribution in [2.75, 3.05) is 38.2 Å². The third-order valence-corrected chi connectivity index (χ3v) is 5.41. The Morgan fingerprint density at radius 2 is 2.13 bits per heavy atom. The van der Waals surface area contributed by atoms with Crippen molar-refractivity contribution in [1.29, 1.82) is 0 Å². The van der Waals surface area contributed by atoms with Crippen LogP contribution in [0.25, 0.3) is 0 Å². The number of carbonyl (C=O) groups is 2. The number of methoxy groups -OCH3 is 1. The number of thioether (sulfide) groups is 1. The number of likely N-dealkylation sites (tertiary alicyclic amines) is 1. The number of ether oxygens (including phenoxy) is 1. The van der Waals surface area contributed by atoms with Gasteiger partial charge in [0.1, 0.15) is 11.3 Å². The van der Waals surface area contributed by atoms with Gasteiger partial charge < -0.3 is 14.1 Å². The molecule has 0 N–H and O–H groups in total. The molecule has 7 heteroatoms. The van der Waals surface area contributed by atoms with Gasteiger partial charge in [0.2, 0.25) is 5.91 Å². The zero-order valence-electron chi connectivity index (χ0n) is 13.3. The van der Waals surface area contributed by atoms with Crippen LogP contribution in [0.15, 0.2) is 16.7 Å². The predicted molar refractivity (Wildman–Crippen MR) is 87.4 cm³/mol. The van der Waals surface area contributed by atoms with E-state index in [1.165, 1.54) is 13.4 Å². The van der Waals surface area contributed by atoms with Gasteiger partial charge in [0.05, 0.1) is 26.0 Å². The van der Waals surface area contributed by atoms with Crippen molar-refractivity contribution in [3.05, 3.63) is 23.7 Å². The molecule has 126 valence electrons. The maximum Gasteiger partial charge on any atom is 0.341 e. The molecule has 3 rings (SSSR count). The van der Waals surface area contributed by atoms with Crippen LogP contribution in [0.4, 0.5) is 0 Å². The van der Waals surface area contributed by atoms with Crippen LogP contribution in [-0.2, 0) is 16.1 Å². The summed E-state index contributed by atoms with van der Waals surface area (Å²) in [5.74, 6) is 2.43. The van der Waals surface area contributed by atoms with Crippen LogP contribution in [0.3, 0.4) is 0 Å². The molecule has 0 aromatic carbocycles. The van der Waals surface area contributed by atoms with E-state index in [1.807, 2.05) is 16.7 Å². The molecule has 2 aliphatic rings. The zero-order valence-corrected chi connectivity index (χ0v) is 14.1. The Hall–Kier alpha value is -1.47. The third-order valence-electron chi connectivity index (χ3n) is 4.47. The second-order valence-corrected chi connectivity index (χ2v) is 7.04. The van der Waals surface area contributed by atoms with E-state index in [1.54, 1.807) is 6.07 Å². The van der Waals surface area contributed by atoms with Gasteiger partial charge in [0, 0.05) is 24.6 Å². The van der Waals surface area contributed by atoms with Crippen LogP contribution in [-0.4, -0.2) is 66.0 Å². The number of hydrogen-bond acceptors (Lipinski definition) is 6. The average molecular weight is 338 g/mol. The normalized spacial score (nSPS) is 22.3. The number of nitrogens with zero attached hydrogens (tertiary/aromatic N) is 2. The molecule has 1 aromatic heterocycles. The molecule has 23 heavy (non-hydrogen) atoms. The molecule has 2 saturated heterocycles. The van der Waals surface area contributed by atoms with Crippen LogP contribution in [0.2, 0.25) is 0 Å². The summed E-state index contributed by atoms with van der Waals surface area (Å²) in [5, 5.41) is 0. The highest BCUT2D eigenvalue weighted by molar-refractivity contribution is 7.99. The number of amides is 1. The average Bonchev–Trinajstić information content (AvgIpc) is 3.24. The molecular formula is C16H22N2O4S. The van der Waals surface area contributed by atoms with Gasteiger partial charge in [0.15, 0.2) is 0 Å². The summed E-state index contributed by atoms with van der Waals surface area (Å²) < 4.78 is 10.2. The van der Waals surface area contributed by atoms with Crippen molar-refractivity contribution in [2.45, 2.75) is 25.4 Å². The first-order chi connectivity index (χ1) is 11.2. The van der Waals surface area contributed by atoms with E-state index in [9.17, 15) is 9.59 Å². The number of hydrogen-bond donors (Lipinski definition) is 0. The molecule has 0 spiro atoms. The van der Waals surface area contributed by atoms with Crippen LogP contribution in [0.1, 0.15) is 29.0 Å². The van der Waals surface area contributed by atoms with Gasteiger partial charge in [-0.15, -0.1) is 0 Å². The molecule has 6 nitrogen and oxygen atoms in total. The van der Waals surface area contributed by atoms with Crippen molar-refractivity contribution >= 4 is 23.6 Å². The Morgan fingerprint density at radius 3 is 2.87 bits per heavy atom. The quantitative estimate of drug-likeness (QED) is 0.777. The summed E-state index contributed by atoms with van der Waals surface area (Å²) in [4.78, 5) is 28.6. The first-order valence-electron chi connectivity index (χ1n) is 7.96. The molecule has 2 fully saturated rings. The van der Waals surface area contributed by atoms with Gasteiger partial charge in [-0.2, -0.15) is 11.8 Å². The number of carbonyl (C=O) groups excluding carboxylic acids is 2. The van der Waals surface area contributed by atoms with Gasteiger partial charge >= 0.3 is 5.97 Å². The maximum absolute atomic E-state index is 12.8. The first-order valence-corrected chi connectivity index (χ1v) is 9.11. The van der Waals surface area contributed by atoms with Crippen LogP contribution in [0, 0.1) is 0 Å². The highest BCUT2D eigenvalue weighted by Gasteiger charge is 2.35. The van der Waals surface area contributed by atoms with E-state index in [0.717, 1.165) is 44.0 Å². The Balaban J connectivity index is 1.68. The van der Waals surface area contributed by atoms with E-state index in [4.69, 9.17) is 9.15 Å². The van der Waals surface area contributed by atoms with E-state index in [0.29, 0.717) is 17.9 Å². The van der Waals surface area contributed by atoms with Gasteiger partial charge in [-0.3, -0.25) is 9.69 Å². The van der Waals surface area contributed by atoms with E-state index in [2.05, 4.69) is 4.90 Å². The van der Waals surface area contributed by atoms with Crippen molar-refractivity contribution in [3.63, 3.8) is 0 Å². The lowest BCUT2D eigenvalue weighted by Crippen LogP contribution is -2.48. The van der Waals surface area contributed by atoms with E-state index >= 15 is 0 Å². The highest BCUT2D eigenvalue weighted by atomic mass is 32.2. The second-order valence-electron chi connectivity index (χ2n) is 5.82. The molecule has 3 heterocycles. The van der Waals surface area contributed by atoms with Gasteiger partial charge in [-0.1, -0.05) is 0 Å². The smallest absolute Gasteiger partial charge is 0.341 e. The predicted octanol–water partition coefficient (Wildman–Crippen LogP) is 1.61. The lowest BCUT2D eigenvalue weighted by atomic mass is 10.1. The largest absolute Gasteiger partial charge is 0.467 e. The molecule has 0 saturated carbocycles. The summed E-state index contributed by atoms with van der Waals surface area (Å²) >= 11 is 1.90. The minimum Gasteiger partial charge on any atom is -0.467 e. The fourth-order valence-corrected chi connectivity index (χ4v) is 4.13. The fourth-order valence-electron chi connectivity index (χ4n) is 3.23. The monoisotopic (exact) mass is 338 g/mol. The van der Waals surface area contributed by atoms with Gasteiger partial charge in [-0.25, -0.2) is 4.79 Å². The van der Waals surface area contributed by atoms with Crippen molar-refractivity contribution in [2.24, 2.45) is 0 Å². The number of rotatable bonds is 4. The molecule has 1 unspecified atom stereocenters. The SMILES string of the molecule is COC(=O)c1ccoc1CN1CCCC1C(=O)N1CCSCC1. The zero-order chi connectivity index (χ0) is 16.2. The summed E-state index contributed by atoms with van der Waals surface area (Å²) in [5.41, 5.74) is 0.444. The van der Waals surface area contributed by atoms with Gasteiger partial charge in [-0.05, 0) is 25.5 Å². The molecule has 0 bridgehead atoms. The third kappa shape index (κ3) is 3.55. The summed E-state index contributed by atoms with van der Waals surface area (Å²) in [6.07, 6.45) is 3.36. The fraction of sp³-hybridized carbons (Fsp3) is 0.625. The van der Waals surface area contributed by atoms with Gasteiger partial charge in [0.25, 0.3) is 0 Å². The Bertz CT molecular complexity index is 568. The molecule has 0 radical (unpaired) electrons. The molecule has 2 aliphatic heterocycles. The van der Waals surface area contributed by atoms with E-state index in [-0.39, 0.29) is 11.9 Å². The highest BCUT2D eigenvalue weighted by Crippen LogP contribution is 2.25. The number of esters is 1. The van der Waals surface area contributed by atoms with Crippen molar-refractivity contribution in [1.82, 2.24) is 9.80 Å². The van der Waals surface area contributed by atoms with Crippen LogP contribution in [0.5, 0.6) is 0 Å². The number of furan rings is 1. The van der Waals surface area contributed by atoms with Crippen molar-refractivity contribution < 1.29 is 18.7 Å². The van der Waals surface area contributed by atoms with E-state index < -0.39 is 5.97 Å². The standard InChI is InChI=1S/C16H22N2O4S/c1-21-16(20)12-4-8-22-14(12)11-18-5-2-3-13(18)15(19)17-6-9-23-10-7-17/h4,8,13H,2-3,5-7,9-11H2,1H3. The summed E-state index contributed by atoms with van der Waals surface area (Å²) in [7, 11) is 1.36. The Labute approximate surface area is 140 Å². The molecule has 0 aliphatic carbocycles. The lowest BCUT2D eigenvalue weighted by molar-refractivity contribution is -0.135. The topological polar surface area (TPSA) is 63.0 Å². The molecule has 1 aromatic rings. The Morgan fingerprint density at radius 1 is 1.35 bits per heavy atom. The Kier molecular flexibility index (Phi) is 5.27. The first kappa shape index (κ1) is 16.4. The minimum absolute atomic E-state index is 0.103. The second kappa shape index (κ2) is 7.40. The molecule has 1 atom stereocenters. The summed E-state index contributed by atoms with van der Waals surface area (Å²) in [6.45, 7) is 2.99.